The van der Waals surface area contributed by atoms with Crippen LogP contribution in [-0.4, -0.2) is 36.0 Å². The molecule has 2 heterocycles. The molecule has 38 heavy (non-hydrogen) atoms. The van der Waals surface area contributed by atoms with Crippen molar-refractivity contribution >= 4 is 49.4 Å². The van der Waals surface area contributed by atoms with Crippen molar-refractivity contribution in [3.63, 3.8) is 0 Å². The Hall–Kier alpha value is -4.37. The van der Waals surface area contributed by atoms with Gasteiger partial charge in [0.1, 0.15) is 0 Å². The molecule has 0 bridgehead atoms. The van der Waals surface area contributed by atoms with E-state index in [0.29, 0.717) is 28.7 Å². The van der Waals surface area contributed by atoms with Crippen molar-refractivity contribution in [2.24, 2.45) is 5.92 Å². The van der Waals surface area contributed by atoms with E-state index in [1.165, 1.54) is 11.3 Å². The molecule has 0 spiro atoms. The predicted molar refractivity (Wildman–Crippen MR) is 149 cm³/mol. The Bertz CT molecular complexity index is 1690. The molecule has 1 aliphatic carbocycles. The number of thiazole rings is 1. The number of amides is 2. The molecule has 1 fully saturated rings. The molecule has 5 aromatic rings. The van der Waals surface area contributed by atoms with Crippen molar-refractivity contribution in [1.29, 1.82) is 0 Å². The van der Waals surface area contributed by atoms with Gasteiger partial charge >= 0.3 is 0 Å². The Morgan fingerprint density at radius 2 is 1.79 bits per heavy atom. The van der Waals surface area contributed by atoms with Gasteiger partial charge in [-0.2, -0.15) is 0 Å². The van der Waals surface area contributed by atoms with Crippen molar-refractivity contribution < 1.29 is 19.1 Å². The second-order valence-electron chi connectivity index (χ2n) is 9.30. The van der Waals surface area contributed by atoms with Gasteiger partial charge in [0.15, 0.2) is 16.6 Å². The van der Waals surface area contributed by atoms with Crippen molar-refractivity contribution in [3.05, 3.63) is 71.9 Å². The summed E-state index contributed by atoms with van der Waals surface area (Å²) in [4.78, 5) is 33.0. The smallest absolute Gasteiger partial charge is 0.253 e. The number of fused-ring (bicyclic) bond motifs is 2. The number of rotatable bonds is 8. The third-order valence-corrected chi connectivity index (χ3v) is 7.66. The number of carbonyl (C=O) groups is 2. The maximum atomic E-state index is 13.1. The largest absolute Gasteiger partial charge is 0.493 e. The number of hydrogen-bond donors (Lipinski definition) is 3. The fourth-order valence-electron chi connectivity index (χ4n) is 4.47. The summed E-state index contributed by atoms with van der Waals surface area (Å²) < 4.78 is 11.6. The molecular weight excluding hydrogens is 500 g/mol. The van der Waals surface area contributed by atoms with Crippen LogP contribution in [0.2, 0.25) is 0 Å². The molecule has 192 valence electrons. The first-order chi connectivity index (χ1) is 18.5. The third-order valence-electron chi connectivity index (χ3n) is 6.73. The van der Waals surface area contributed by atoms with E-state index in [1.54, 1.807) is 20.4 Å². The molecule has 1 aliphatic rings. The maximum Gasteiger partial charge on any atom is 0.253 e. The first-order valence-corrected chi connectivity index (χ1v) is 13.2. The van der Waals surface area contributed by atoms with Crippen LogP contribution in [0.4, 0.5) is 5.13 Å². The first-order valence-electron chi connectivity index (χ1n) is 12.3. The summed E-state index contributed by atoms with van der Waals surface area (Å²) in [5, 5.41) is 7.41. The molecule has 2 amide bonds. The molecule has 0 unspecified atom stereocenters. The van der Waals surface area contributed by atoms with Crippen LogP contribution in [-0.2, 0) is 11.3 Å². The van der Waals surface area contributed by atoms with E-state index >= 15 is 0 Å². The Morgan fingerprint density at radius 1 is 1.00 bits per heavy atom. The molecule has 6 rings (SSSR count). The number of nitrogens with zero attached hydrogens (tertiary/aromatic N) is 1. The third kappa shape index (κ3) is 4.68. The van der Waals surface area contributed by atoms with Gasteiger partial charge < -0.3 is 25.1 Å². The number of methoxy groups -OCH3 is 2. The number of nitrogens with one attached hydrogen (secondary N) is 3. The van der Waals surface area contributed by atoms with Gasteiger partial charge in [-0.1, -0.05) is 29.5 Å². The molecule has 0 saturated heterocycles. The number of aromatic nitrogens is 2. The minimum atomic E-state index is -0.169. The predicted octanol–water partition coefficient (Wildman–Crippen LogP) is 5.74. The fourth-order valence-corrected chi connectivity index (χ4v) is 5.37. The number of ether oxygens (including phenoxy) is 2. The summed E-state index contributed by atoms with van der Waals surface area (Å²) in [5.41, 5.74) is 5.22. The van der Waals surface area contributed by atoms with Crippen LogP contribution in [0.3, 0.4) is 0 Å². The fraction of sp³-hybridized carbons (Fsp3) is 0.207. The normalized spacial score (nSPS) is 13.0. The lowest BCUT2D eigenvalue weighted by Crippen LogP contribution is -2.22. The minimum absolute atomic E-state index is 0.0547. The maximum absolute atomic E-state index is 13.1. The Kier molecular flexibility index (Phi) is 6.21. The highest BCUT2D eigenvalue weighted by molar-refractivity contribution is 7.22. The van der Waals surface area contributed by atoms with E-state index in [1.807, 2.05) is 48.5 Å². The van der Waals surface area contributed by atoms with E-state index in [9.17, 15) is 9.59 Å². The van der Waals surface area contributed by atoms with Gasteiger partial charge in [-0.05, 0) is 65.9 Å². The lowest BCUT2D eigenvalue weighted by Gasteiger charge is -2.10. The second-order valence-corrected chi connectivity index (χ2v) is 10.3. The molecule has 1 saturated carbocycles. The molecular formula is C29H26N4O4S. The van der Waals surface area contributed by atoms with Crippen molar-refractivity contribution in [1.82, 2.24) is 15.3 Å². The quantitative estimate of drug-likeness (QED) is 0.239. The SMILES string of the molecule is COc1ccc(CNC(=O)c2c[nH]c3ccc(-c4ccc5nc(NC(=O)C6CC6)sc5c4)cc23)cc1OC. The number of carbonyl (C=O) groups excluding carboxylic acids is 2. The summed E-state index contributed by atoms with van der Waals surface area (Å²) in [6.07, 6.45) is 3.65. The van der Waals surface area contributed by atoms with Gasteiger partial charge in [0.2, 0.25) is 5.91 Å². The van der Waals surface area contributed by atoms with Gasteiger partial charge in [-0.15, -0.1) is 0 Å². The van der Waals surface area contributed by atoms with Crippen molar-refractivity contribution in [3.8, 4) is 22.6 Å². The van der Waals surface area contributed by atoms with Crippen LogP contribution >= 0.6 is 11.3 Å². The highest BCUT2D eigenvalue weighted by atomic mass is 32.1. The van der Waals surface area contributed by atoms with Crippen LogP contribution in [0.25, 0.3) is 32.2 Å². The van der Waals surface area contributed by atoms with E-state index in [4.69, 9.17) is 9.47 Å². The van der Waals surface area contributed by atoms with Crippen LogP contribution in [0.1, 0.15) is 28.8 Å². The Morgan fingerprint density at radius 3 is 2.58 bits per heavy atom. The molecule has 8 nitrogen and oxygen atoms in total. The topological polar surface area (TPSA) is 105 Å². The zero-order chi connectivity index (χ0) is 26.2. The Balaban J connectivity index is 1.22. The Labute approximate surface area is 223 Å². The number of hydrogen-bond acceptors (Lipinski definition) is 6. The lowest BCUT2D eigenvalue weighted by molar-refractivity contribution is -0.117. The number of anilines is 1. The minimum Gasteiger partial charge on any atom is -0.493 e. The van der Waals surface area contributed by atoms with Gasteiger partial charge in [-0.3, -0.25) is 9.59 Å². The first kappa shape index (κ1) is 24.0. The highest BCUT2D eigenvalue weighted by Crippen LogP contribution is 2.35. The van der Waals surface area contributed by atoms with E-state index in [-0.39, 0.29) is 17.7 Å². The molecule has 0 radical (unpaired) electrons. The summed E-state index contributed by atoms with van der Waals surface area (Å²) in [5.74, 6) is 1.28. The number of benzene rings is 3. The molecule has 0 aliphatic heterocycles. The molecule has 3 aromatic carbocycles. The average Bonchev–Trinajstić information content (AvgIpc) is 3.59. The van der Waals surface area contributed by atoms with Gasteiger partial charge in [-0.25, -0.2) is 4.98 Å². The van der Waals surface area contributed by atoms with Crippen LogP contribution in [0.15, 0.2) is 60.8 Å². The van der Waals surface area contributed by atoms with Crippen LogP contribution in [0, 0.1) is 5.92 Å². The molecule has 9 heteroatoms. The summed E-state index contributed by atoms with van der Waals surface area (Å²) in [6.45, 7) is 0.354. The number of H-pyrrole nitrogens is 1. The van der Waals surface area contributed by atoms with Crippen molar-refractivity contribution in [2.45, 2.75) is 19.4 Å². The summed E-state index contributed by atoms with van der Waals surface area (Å²) >= 11 is 1.47. The van der Waals surface area contributed by atoms with Crippen LogP contribution < -0.4 is 20.1 Å². The van der Waals surface area contributed by atoms with E-state index < -0.39 is 0 Å². The zero-order valence-corrected chi connectivity index (χ0v) is 21.8. The highest BCUT2D eigenvalue weighted by Gasteiger charge is 2.30. The molecule has 2 aromatic heterocycles. The zero-order valence-electron chi connectivity index (χ0n) is 21.0. The van der Waals surface area contributed by atoms with Gasteiger partial charge in [0.25, 0.3) is 5.91 Å². The van der Waals surface area contributed by atoms with Gasteiger partial charge in [0, 0.05) is 29.6 Å². The molecule has 3 N–H and O–H groups in total. The van der Waals surface area contributed by atoms with Crippen LogP contribution in [0.5, 0.6) is 11.5 Å². The summed E-state index contributed by atoms with van der Waals surface area (Å²) in [7, 11) is 3.18. The van der Waals surface area contributed by atoms with E-state index in [0.717, 1.165) is 50.7 Å². The van der Waals surface area contributed by atoms with E-state index in [2.05, 4.69) is 26.7 Å². The molecule has 0 atom stereocenters. The lowest BCUT2D eigenvalue weighted by atomic mass is 10.0. The monoisotopic (exact) mass is 526 g/mol. The van der Waals surface area contributed by atoms with Gasteiger partial charge in [0.05, 0.1) is 30.0 Å². The van der Waals surface area contributed by atoms with Crippen molar-refractivity contribution in [2.75, 3.05) is 19.5 Å². The summed E-state index contributed by atoms with van der Waals surface area (Å²) in [6, 6.07) is 17.7. The standard InChI is InChI=1S/C29H26N4O4S/c1-36-24-10-3-16(11-25(24)37-2)14-31-28(35)21-15-30-22-8-6-18(12-20(21)22)19-7-9-23-26(13-19)38-29(32-23)33-27(34)17-4-5-17/h3,6-13,15,17,30H,4-5,14H2,1-2H3,(H,31,35)(H,32,33,34). The average molecular weight is 527 g/mol. The second kappa shape index (κ2) is 9.83. The number of aromatic amines is 1.